The lowest BCUT2D eigenvalue weighted by atomic mass is 10.0. The Balaban J connectivity index is 2.11. The zero-order valence-corrected chi connectivity index (χ0v) is 11.6. The van der Waals surface area contributed by atoms with Gasteiger partial charge in [0.05, 0.1) is 12.7 Å². The van der Waals surface area contributed by atoms with E-state index in [0.717, 1.165) is 5.56 Å². The standard InChI is InChI=1S/C14H21F3N2O2/c15-14(16,17)10-21-7-6-19-9-13(20)12(18)8-11-4-2-1-3-5-11/h1-5,12-13,19-20H,6-10,18H2/t12-,13+/m0/s1. The molecule has 0 fully saturated rings. The van der Waals surface area contributed by atoms with E-state index in [9.17, 15) is 18.3 Å². The van der Waals surface area contributed by atoms with E-state index < -0.39 is 24.9 Å². The second-order valence-electron chi connectivity index (χ2n) is 4.79. The highest BCUT2D eigenvalue weighted by Gasteiger charge is 2.27. The van der Waals surface area contributed by atoms with Crippen LogP contribution in [-0.4, -0.2) is 49.7 Å². The van der Waals surface area contributed by atoms with Crippen LogP contribution in [0.5, 0.6) is 0 Å². The van der Waals surface area contributed by atoms with Crippen LogP contribution in [0.15, 0.2) is 30.3 Å². The Morgan fingerprint density at radius 2 is 1.90 bits per heavy atom. The maximum atomic E-state index is 11.8. The Hall–Kier alpha value is -1.15. The summed E-state index contributed by atoms with van der Waals surface area (Å²) in [5.74, 6) is 0. The molecule has 0 unspecified atom stereocenters. The predicted molar refractivity (Wildman–Crippen MR) is 73.9 cm³/mol. The molecular weight excluding hydrogens is 285 g/mol. The number of ether oxygens (including phenoxy) is 1. The molecule has 4 nitrogen and oxygen atoms in total. The van der Waals surface area contributed by atoms with E-state index in [-0.39, 0.29) is 19.7 Å². The van der Waals surface area contributed by atoms with Crippen LogP contribution in [0.2, 0.25) is 0 Å². The van der Waals surface area contributed by atoms with Crippen LogP contribution in [0.1, 0.15) is 5.56 Å². The van der Waals surface area contributed by atoms with Crippen molar-refractivity contribution in [2.24, 2.45) is 5.73 Å². The summed E-state index contributed by atoms with van der Waals surface area (Å²) in [6, 6.07) is 9.09. The molecule has 0 saturated heterocycles. The molecule has 1 aromatic rings. The molecule has 0 amide bonds. The van der Waals surface area contributed by atoms with Gasteiger partial charge >= 0.3 is 6.18 Å². The monoisotopic (exact) mass is 306 g/mol. The third-order valence-electron chi connectivity index (χ3n) is 2.85. The molecule has 120 valence electrons. The molecule has 0 saturated carbocycles. The van der Waals surface area contributed by atoms with Crippen molar-refractivity contribution < 1.29 is 23.0 Å². The van der Waals surface area contributed by atoms with E-state index in [0.29, 0.717) is 6.42 Å². The lowest BCUT2D eigenvalue weighted by Gasteiger charge is -2.19. The van der Waals surface area contributed by atoms with Crippen LogP contribution in [-0.2, 0) is 11.2 Å². The Kier molecular flexibility index (Phi) is 7.66. The summed E-state index contributed by atoms with van der Waals surface area (Å²) >= 11 is 0. The predicted octanol–water partition coefficient (Wildman–Crippen LogP) is 1.09. The first kappa shape index (κ1) is 17.9. The minimum absolute atomic E-state index is 0.0693. The summed E-state index contributed by atoms with van der Waals surface area (Å²) in [6.45, 7) is -0.889. The molecule has 7 heteroatoms. The van der Waals surface area contributed by atoms with Crippen LogP contribution < -0.4 is 11.1 Å². The summed E-state index contributed by atoms with van der Waals surface area (Å²) in [4.78, 5) is 0. The first-order chi connectivity index (χ1) is 9.88. The summed E-state index contributed by atoms with van der Waals surface area (Å²) in [7, 11) is 0. The number of rotatable bonds is 9. The number of aliphatic hydroxyl groups is 1. The molecule has 1 aromatic carbocycles. The van der Waals surface area contributed by atoms with Crippen LogP contribution >= 0.6 is 0 Å². The van der Waals surface area contributed by atoms with Gasteiger partial charge in [-0.25, -0.2) is 0 Å². The van der Waals surface area contributed by atoms with Gasteiger partial charge < -0.3 is 20.9 Å². The average Bonchev–Trinajstić information content (AvgIpc) is 2.42. The molecule has 0 heterocycles. The first-order valence-corrected chi connectivity index (χ1v) is 6.71. The van der Waals surface area contributed by atoms with Crippen molar-refractivity contribution in [1.82, 2.24) is 5.32 Å². The van der Waals surface area contributed by atoms with Crippen molar-refractivity contribution in [1.29, 1.82) is 0 Å². The van der Waals surface area contributed by atoms with Gasteiger partial charge in [0.1, 0.15) is 6.61 Å². The fourth-order valence-electron chi connectivity index (χ4n) is 1.76. The van der Waals surface area contributed by atoms with E-state index in [1.807, 2.05) is 30.3 Å². The summed E-state index contributed by atoms with van der Waals surface area (Å²) in [5.41, 5.74) is 6.90. The first-order valence-electron chi connectivity index (χ1n) is 6.71. The number of hydrogen-bond acceptors (Lipinski definition) is 4. The van der Waals surface area contributed by atoms with Gasteiger partial charge in [-0.15, -0.1) is 0 Å². The Labute approximate surface area is 122 Å². The minimum atomic E-state index is -4.31. The topological polar surface area (TPSA) is 67.5 Å². The van der Waals surface area contributed by atoms with Crippen molar-refractivity contribution in [3.8, 4) is 0 Å². The lowest BCUT2D eigenvalue weighted by molar-refractivity contribution is -0.173. The summed E-state index contributed by atoms with van der Waals surface area (Å²) < 4.78 is 39.8. The average molecular weight is 306 g/mol. The van der Waals surface area contributed by atoms with E-state index in [1.54, 1.807) is 0 Å². The summed E-state index contributed by atoms with van der Waals surface area (Å²) in [6.07, 6.45) is -4.54. The highest BCUT2D eigenvalue weighted by molar-refractivity contribution is 5.16. The van der Waals surface area contributed by atoms with Gasteiger partial charge in [0, 0.05) is 19.1 Å². The fraction of sp³-hybridized carbons (Fsp3) is 0.571. The molecule has 0 spiro atoms. The number of nitrogens with two attached hydrogens (primary N) is 1. The van der Waals surface area contributed by atoms with E-state index in [2.05, 4.69) is 10.1 Å². The van der Waals surface area contributed by atoms with E-state index in [1.165, 1.54) is 0 Å². The second kappa shape index (κ2) is 8.99. The molecule has 4 N–H and O–H groups in total. The van der Waals surface area contributed by atoms with E-state index >= 15 is 0 Å². The van der Waals surface area contributed by atoms with Crippen LogP contribution in [0, 0.1) is 0 Å². The van der Waals surface area contributed by atoms with Crippen molar-refractivity contribution in [2.75, 3.05) is 26.3 Å². The van der Waals surface area contributed by atoms with E-state index in [4.69, 9.17) is 5.73 Å². The van der Waals surface area contributed by atoms with Crippen molar-refractivity contribution in [3.63, 3.8) is 0 Å². The number of alkyl halides is 3. The highest BCUT2D eigenvalue weighted by Crippen LogP contribution is 2.13. The SMILES string of the molecule is N[C@@H](Cc1ccccc1)[C@H](O)CNCCOCC(F)(F)F. The molecule has 0 aliphatic carbocycles. The maximum Gasteiger partial charge on any atom is 0.411 e. The molecule has 21 heavy (non-hydrogen) atoms. The van der Waals surface area contributed by atoms with Crippen molar-refractivity contribution in [2.45, 2.75) is 24.7 Å². The molecule has 0 aliphatic heterocycles. The minimum Gasteiger partial charge on any atom is -0.390 e. The largest absolute Gasteiger partial charge is 0.411 e. The number of nitrogens with one attached hydrogen (secondary N) is 1. The van der Waals surface area contributed by atoms with Gasteiger partial charge in [0.2, 0.25) is 0 Å². The van der Waals surface area contributed by atoms with Gasteiger partial charge in [0.25, 0.3) is 0 Å². The zero-order valence-electron chi connectivity index (χ0n) is 11.6. The Morgan fingerprint density at radius 1 is 1.24 bits per heavy atom. The molecule has 0 aromatic heterocycles. The van der Waals surface area contributed by atoms with Crippen LogP contribution in [0.4, 0.5) is 13.2 Å². The molecule has 0 aliphatic rings. The zero-order chi connectivity index (χ0) is 15.7. The smallest absolute Gasteiger partial charge is 0.390 e. The normalized spacial score (nSPS) is 14.9. The highest BCUT2D eigenvalue weighted by atomic mass is 19.4. The Bertz CT molecular complexity index is 388. The number of aliphatic hydroxyl groups excluding tert-OH is 1. The molecule has 0 bridgehead atoms. The molecule has 1 rings (SSSR count). The number of halogens is 3. The molecular formula is C14H21F3N2O2. The second-order valence-corrected chi connectivity index (χ2v) is 4.79. The third kappa shape index (κ3) is 8.67. The lowest BCUT2D eigenvalue weighted by Crippen LogP contribution is -2.43. The van der Waals surface area contributed by atoms with Gasteiger partial charge in [-0.1, -0.05) is 30.3 Å². The van der Waals surface area contributed by atoms with Gasteiger partial charge in [0.15, 0.2) is 0 Å². The van der Waals surface area contributed by atoms with Gasteiger partial charge in [-0.3, -0.25) is 0 Å². The van der Waals surface area contributed by atoms with Crippen molar-refractivity contribution in [3.05, 3.63) is 35.9 Å². The van der Waals surface area contributed by atoms with Gasteiger partial charge in [-0.05, 0) is 12.0 Å². The maximum absolute atomic E-state index is 11.8. The molecule has 0 radical (unpaired) electrons. The van der Waals surface area contributed by atoms with Crippen LogP contribution in [0.3, 0.4) is 0 Å². The fourth-order valence-corrected chi connectivity index (χ4v) is 1.76. The Morgan fingerprint density at radius 3 is 2.52 bits per heavy atom. The summed E-state index contributed by atoms with van der Waals surface area (Å²) in [5, 5.41) is 12.7. The number of benzene rings is 1. The van der Waals surface area contributed by atoms with Gasteiger partial charge in [-0.2, -0.15) is 13.2 Å². The number of hydrogen-bond donors (Lipinski definition) is 3. The van der Waals surface area contributed by atoms with Crippen LogP contribution in [0.25, 0.3) is 0 Å². The third-order valence-corrected chi connectivity index (χ3v) is 2.85. The quantitative estimate of drug-likeness (QED) is 0.597. The van der Waals surface area contributed by atoms with Crippen molar-refractivity contribution >= 4 is 0 Å². The molecule has 2 atom stereocenters.